The molecule has 0 spiro atoms. The van der Waals surface area contributed by atoms with Crippen LogP contribution in [0.5, 0.6) is 5.75 Å². The van der Waals surface area contributed by atoms with Gasteiger partial charge in [0.05, 0.1) is 0 Å². The molecule has 0 atom stereocenters. The van der Waals surface area contributed by atoms with Gasteiger partial charge in [-0.2, -0.15) is 0 Å². The monoisotopic (exact) mass is 223 g/mol. The van der Waals surface area contributed by atoms with Crippen LogP contribution in [-0.4, -0.2) is 19.1 Å². The molecular formula is C11H13NO4. The zero-order valence-corrected chi connectivity index (χ0v) is 9.15. The van der Waals surface area contributed by atoms with Crippen LogP contribution in [0.15, 0.2) is 24.3 Å². The van der Waals surface area contributed by atoms with E-state index in [-0.39, 0.29) is 12.6 Å². The molecule has 0 fully saturated rings. The first-order chi connectivity index (χ1) is 7.61. The van der Waals surface area contributed by atoms with Gasteiger partial charge in [-0.15, -0.1) is 0 Å². The van der Waals surface area contributed by atoms with Crippen molar-refractivity contribution in [2.24, 2.45) is 0 Å². The van der Waals surface area contributed by atoms with E-state index in [1.807, 2.05) is 0 Å². The molecule has 1 amide bonds. The third-order valence-electron chi connectivity index (χ3n) is 1.76. The van der Waals surface area contributed by atoms with Crippen LogP contribution in [0.2, 0.25) is 0 Å². The maximum atomic E-state index is 10.8. The number of hydrogen-bond donors (Lipinski definition) is 1. The number of amides is 1. The lowest BCUT2D eigenvalue weighted by molar-refractivity contribution is -0.131. The number of benzene rings is 1. The highest BCUT2D eigenvalue weighted by Crippen LogP contribution is 2.12. The molecule has 0 aliphatic carbocycles. The Morgan fingerprint density at radius 3 is 2.38 bits per heavy atom. The maximum absolute atomic E-state index is 10.8. The van der Waals surface area contributed by atoms with Crippen LogP contribution in [0.3, 0.4) is 0 Å². The molecule has 0 aliphatic heterocycles. The molecule has 5 nitrogen and oxygen atoms in total. The van der Waals surface area contributed by atoms with Gasteiger partial charge in [0.1, 0.15) is 12.4 Å². The smallest absolute Gasteiger partial charge is 0.407 e. The number of nitrogens with one attached hydrogen (secondary N) is 1. The van der Waals surface area contributed by atoms with Crippen LogP contribution in [0.25, 0.3) is 0 Å². The van der Waals surface area contributed by atoms with Gasteiger partial charge in [0.2, 0.25) is 0 Å². The Kier molecular flexibility index (Phi) is 4.32. The van der Waals surface area contributed by atoms with Crippen molar-refractivity contribution >= 4 is 12.1 Å². The molecule has 1 aromatic rings. The molecule has 5 heteroatoms. The molecule has 1 N–H and O–H groups in total. The van der Waals surface area contributed by atoms with Crippen molar-refractivity contribution < 1.29 is 19.1 Å². The Hall–Kier alpha value is -2.04. The normalized spacial score (nSPS) is 9.38. The second-order valence-corrected chi connectivity index (χ2v) is 3.06. The standard InChI is InChI=1S/C11H13NO4/c1-8(13)16-10-5-3-9(4-6-10)7-15-11(14)12-2/h3-6H,7H2,1-2H3,(H,12,14). The molecule has 0 unspecified atom stereocenters. The predicted molar refractivity (Wildman–Crippen MR) is 57.0 cm³/mol. The fourth-order valence-corrected chi connectivity index (χ4v) is 1.04. The van der Waals surface area contributed by atoms with Gasteiger partial charge in [-0.05, 0) is 17.7 Å². The summed E-state index contributed by atoms with van der Waals surface area (Å²) in [5.74, 6) is 0.102. The molecular weight excluding hydrogens is 210 g/mol. The number of rotatable bonds is 3. The van der Waals surface area contributed by atoms with Gasteiger partial charge in [0, 0.05) is 14.0 Å². The highest BCUT2D eigenvalue weighted by atomic mass is 16.5. The zero-order valence-electron chi connectivity index (χ0n) is 9.15. The van der Waals surface area contributed by atoms with Crippen LogP contribution in [-0.2, 0) is 16.1 Å². The summed E-state index contributed by atoms with van der Waals surface area (Å²) in [5.41, 5.74) is 0.819. The fourth-order valence-electron chi connectivity index (χ4n) is 1.04. The van der Waals surface area contributed by atoms with Crippen LogP contribution in [0.4, 0.5) is 4.79 Å². The summed E-state index contributed by atoms with van der Waals surface area (Å²) < 4.78 is 9.70. The first-order valence-electron chi connectivity index (χ1n) is 4.73. The predicted octanol–water partition coefficient (Wildman–Crippen LogP) is 1.47. The van der Waals surface area contributed by atoms with Crippen LogP contribution >= 0.6 is 0 Å². The molecule has 0 radical (unpaired) electrons. The minimum absolute atomic E-state index is 0.181. The van der Waals surface area contributed by atoms with Crippen molar-refractivity contribution in [3.8, 4) is 5.75 Å². The highest BCUT2D eigenvalue weighted by molar-refractivity contribution is 5.69. The molecule has 16 heavy (non-hydrogen) atoms. The number of alkyl carbamates (subject to hydrolysis) is 1. The fraction of sp³-hybridized carbons (Fsp3) is 0.273. The lowest BCUT2D eigenvalue weighted by Gasteiger charge is -2.05. The minimum Gasteiger partial charge on any atom is -0.445 e. The van der Waals surface area contributed by atoms with Gasteiger partial charge >= 0.3 is 12.1 Å². The molecule has 0 bridgehead atoms. The summed E-state index contributed by atoms with van der Waals surface area (Å²) in [6, 6.07) is 6.73. The van der Waals surface area contributed by atoms with E-state index >= 15 is 0 Å². The third kappa shape index (κ3) is 4.00. The van der Waals surface area contributed by atoms with Crippen molar-refractivity contribution in [3.63, 3.8) is 0 Å². The van der Waals surface area contributed by atoms with Crippen molar-refractivity contribution in [2.75, 3.05) is 7.05 Å². The highest BCUT2D eigenvalue weighted by Gasteiger charge is 2.01. The number of esters is 1. The summed E-state index contributed by atoms with van der Waals surface area (Å²) in [4.78, 5) is 21.4. The van der Waals surface area contributed by atoms with Crippen molar-refractivity contribution in [2.45, 2.75) is 13.5 Å². The Bertz CT molecular complexity index is 372. The van der Waals surface area contributed by atoms with E-state index in [2.05, 4.69) is 5.32 Å². The average molecular weight is 223 g/mol. The van der Waals surface area contributed by atoms with Gasteiger partial charge in [-0.25, -0.2) is 4.79 Å². The molecule has 0 saturated heterocycles. The van der Waals surface area contributed by atoms with E-state index in [1.54, 1.807) is 24.3 Å². The second-order valence-electron chi connectivity index (χ2n) is 3.06. The van der Waals surface area contributed by atoms with E-state index in [0.29, 0.717) is 5.75 Å². The first-order valence-corrected chi connectivity index (χ1v) is 4.73. The largest absolute Gasteiger partial charge is 0.445 e. The van der Waals surface area contributed by atoms with E-state index in [0.717, 1.165) is 5.56 Å². The van der Waals surface area contributed by atoms with Gasteiger partial charge in [-0.1, -0.05) is 12.1 Å². The molecule has 0 heterocycles. The van der Waals surface area contributed by atoms with Gasteiger partial charge in [-0.3, -0.25) is 4.79 Å². The molecule has 0 aliphatic rings. The van der Waals surface area contributed by atoms with Crippen LogP contribution in [0.1, 0.15) is 12.5 Å². The summed E-state index contributed by atoms with van der Waals surface area (Å²) in [6.07, 6.45) is -0.482. The van der Waals surface area contributed by atoms with E-state index < -0.39 is 6.09 Å². The van der Waals surface area contributed by atoms with Gasteiger partial charge in [0.25, 0.3) is 0 Å². The molecule has 86 valence electrons. The minimum atomic E-state index is -0.482. The summed E-state index contributed by atoms with van der Waals surface area (Å²) in [5, 5.41) is 2.34. The summed E-state index contributed by atoms with van der Waals surface area (Å²) in [6.45, 7) is 1.52. The number of hydrogen-bond acceptors (Lipinski definition) is 4. The van der Waals surface area contributed by atoms with Crippen molar-refractivity contribution in [1.82, 2.24) is 5.32 Å². The van der Waals surface area contributed by atoms with E-state index in [1.165, 1.54) is 14.0 Å². The summed E-state index contributed by atoms with van der Waals surface area (Å²) >= 11 is 0. The SMILES string of the molecule is CNC(=O)OCc1ccc(OC(C)=O)cc1. The number of carbonyl (C=O) groups excluding carboxylic acids is 2. The van der Waals surface area contributed by atoms with Crippen LogP contribution < -0.4 is 10.1 Å². The quantitative estimate of drug-likeness (QED) is 0.622. The molecule has 0 aromatic heterocycles. The van der Waals surface area contributed by atoms with E-state index in [4.69, 9.17) is 9.47 Å². The Balaban J connectivity index is 2.51. The topological polar surface area (TPSA) is 64.6 Å². The van der Waals surface area contributed by atoms with Gasteiger partial charge < -0.3 is 14.8 Å². The molecule has 1 aromatic carbocycles. The lowest BCUT2D eigenvalue weighted by Crippen LogP contribution is -2.18. The number of ether oxygens (including phenoxy) is 2. The third-order valence-corrected chi connectivity index (χ3v) is 1.76. The molecule has 1 rings (SSSR count). The average Bonchev–Trinajstić information content (AvgIpc) is 2.27. The maximum Gasteiger partial charge on any atom is 0.407 e. The Morgan fingerprint density at radius 1 is 1.25 bits per heavy atom. The van der Waals surface area contributed by atoms with Crippen LogP contribution in [0, 0.1) is 0 Å². The zero-order chi connectivity index (χ0) is 12.0. The van der Waals surface area contributed by atoms with Crippen molar-refractivity contribution in [3.05, 3.63) is 29.8 Å². The lowest BCUT2D eigenvalue weighted by atomic mass is 10.2. The van der Waals surface area contributed by atoms with Crippen molar-refractivity contribution in [1.29, 1.82) is 0 Å². The Morgan fingerprint density at radius 2 is 1.88 bits per heavy atom. The van der Waals surface area contributed by atoms with E-state index in [9.17, 15) is 9.59 Å². The van der Waals surface area contributed by atoms with Gasteiger partial charge in [0.15, 0.2) is 0 Å². The molecule has 0 saturated carbocycles. The number of carbonyl (C=O) groups is 2. The first kappa shape index (κ1) is 12.0. The Labute approximate surface area is 93.4 Å². The second kappa shape index (κ2) is 5.75. The summed E-state index contributed by atoms with van der Waals surface area (Å²) in [7, 11) is 1.49.